The van der Waals surface area contributed by atoms with Crippen LogP contribution in [0.2, 0.25) is 0 Å². The largest absolute Gasteiger partial charge is 0.0654 e. The predicted molar refractivity (Wildman–Crippen MR) is 82.8 cm³/mol. The normalized spacial score (nSPS) is 31.5. The van der Waals surface area contributed by atoms with E-state index in [0.29, 0.717) is 0 Å². The molecule has 1 aliphatic carbocycles. The molecule has 5 unspecified atom stereocenters. The van der Waals surface area contributed by atoms with Gasteiger partial charge in [-0.3, -0.25) is 0 Å². The highest BCUT2D eigenvalue weighted by Gasteiger charge is 2.35. The van der Waals surface area contributed by atoms with Crippen LogP contribution in [-0.2, 0) is 0 Å². The highest BCUT2D eigenvalue weighted by atomic mass is 14.4. The van der Waals surface area contributed by atoms with E-state index in [0.717, 1.165) is 29.6 Å². The van der Waals surface area contributed by atoms with E-state index in [2.05, 4.69) is 34.6 Å². The lowest BCUT2D eigenvalue weighted by Gasteiger charge is -2.29. The van der Waals surface area contributed by atoms with Crippen LogP contribution < -0.4 is 0 Å². The predicted octanol–water partition coefficient (Wildman–Crippen LogP) is 6.30. The minimum atomic E-state index is 0.935. The zero-order valence-electron chi connectivity index (χ0n) is 13.5. The van der Waals surface area contributed by atoms with Crippen LogP contribution in [0.4, 0.5) is 0 Å². The maximum absolute atomic E-state index is 2.53. The summed E-state index contributed by atoms with van der Waals surface area (Å²) >= 11 is 0. The van der Waals surface area contributed by atoms with E-state index in [-0.39, 0.29) is 0 Å². The van der Waals surface area contributed by atoms with Crippen molar-refractivity contribution < 1.29 is 0 Å². The standard InChI is InChI=1S/C18H36/c1-6-8-9-10-11-14(3)16(5)18-13-17(7-2)12-15(18)4/h14-18H,6-13H2,1-5H3. The first-order chi connectivity index (χ1) is 8.60. The Morgan fingerprint density at radius 1 is 1.00 bits per heavy atom. The second kappa shape index (κ2) is 8.23. The van der Waals surface area contributed by atoms with Gasteiger partial charge < -0.3 is 0 Å². The first kappa shape index (κ1) is 16.1. The Morgan fingerprint density at radius 2 is 1.72 bits per heavy atom. The van der Waals surface area contributed by atoms with Gasteiger partial charge in [0.25, 0.3) is 0 Å². The maximum atomic E-state index is 2.53. The average molecular weight is 252 g/mol. The van der Waals surface area contributed by atoms with Gasteiger partial charge in [0, 0.05) is 0 Å². The fourth-order valence-corrected chi connectivity index (χ4v) is 4.06. The molecular weight excluding hydrogens is 216 g/mol. The van der Waals surface area contributed by atoms with Gasteiger partial charge in [0.1, 0.15) is 0 Å². The third kappa shape index (κ3) is 4.59. The molecule has 0 amide bonds. The van der Waals surface area contributed by atoms with Gasteiger partial charge in [-0.05, 0) is 42.4 Å². The van der Waals surface area contributed by atoms with Crippen molar-refractivity contribution in [1.82, 2.24) is 0 Å². The van der Waals surface area contributed by atoms with E-state index in [4.69, 9.17) is 0 Å². The molecule has 5 atom stereocenters. The fraction of sp³-hybridized carbons (Fsp3) is 1.00. The molecule has 0 aromatic rings. The van der Waals surface area contributed by atoms with Crippen molar-refractivity contribution in [2.45, 2.75) is 86.0 Å². The molecule has 1 saturated carbocycles. The van der Waals surface area contributed by atoms with Gasteiger partial charge in [-0.25, -0.2) is 0 Å². The van der Waals surface area contributed by atoms with E-state index in [1.807, 2.05) is 0 Å². The smallest absolute Gasteiger partial charge is 0.0357 e. The topological polar surface area (TPSA) is 0 Å². The molecule has 1 fully saturated rings. The maximum Gasteiger partial charge on any atom is -0.0357 e. The molecule has 0 heterocycles. The summed E-state index contributed by atoms with van der Waals surface area (Å²) in [6.07, 6.45) is 11.6. The number of hydrogen-bond acceptors (Lipinski definition) is 0. The van der Waals surface area contributed by atoms with E-state index in [1.165, 1.54) is 51.4 Å². The quantitative estimate of drug-likeness (QED) is 0.445. The van der Waals surface area contributed by atoms with E-state index in [9.17, 15) is 0 Å². The van der Waals surface area contributed by atoms with Crippen molar-refractivity contribution in [3.8, 4) is 0 Å². The molecule has 0 heteroatoms. The van der Waals surface area contributed by atoms with E-state index < -0.39 is 0 Å². The Labute approximate surface area is 116 Å². The summed E-state index contributed by atoms with van der Waals surface area (Å²) in [7, 11) is 0. The van der Waals surface area contributed by atoms with Gasteiger partial charge in [0.15, 0.2) is 0 Å². The highest BCUT2D eigenvalue weighted by Crippen LogP contribution is 2.44. The number of rotatable bonds is 8. The van der Waals surface area contributed by atoms with Crippen molar-refractivity contribution in [3.05, 3.63) is 0 Å². The molecule has 0 bridgehead atoms. The Hall–Kier alpha value is 0. The lowest BCUT2D eigenvalue weighted by atomic mass is 9.77. The molecule has 0 aromatic heterocycles. The molecular formula is C18H36. The fourth-order valence-electron chi connectivity index (χ4n) is 4.06. The molecule has 1 rings (SSSR count). The van der Waals surface area contributed by atoms with Crippen LogP contribution in [-0.4, -0.2) is 0 Å². The molecule has 0 aliphatic heterocycles. The Morgan fingerprint density at radius 3 is 2.28 bits per heavy atom. The van der Waals surface area contributed by atoms with Gasteiger partial charge in [-0.1, -0.05) is 73.1 Å². The van der Waals surface area contributed by atoms with Crippen LogP contribution >= 0.6 is 0 Å². The van der Waals surface area contributed by atoms with Gasteiger partial charge in [-0.2, -0.15) is 0 Å². The summed E-state index contributed by atoms with van der Waals surface area (Å²) < 4.78 is 0. The third-order valence-corrected chi connectivity index (χ3v) is 5.70. The van der Waals surface area contributed by atoms with E-state index >= 15 is 0 Å². The zero-order chi connectivity index (χ0) is 13.5. The van der Waals surface area contributed by atoms with Gasteiger partial charge in [0.05, 0.1) is 0 Å². The molecule has 0 saturated heterocycles. The summed E-state index contributed by atoms with van der Waals surface area (Å²) in [6.45, 7) is 12.2. The summed E-state index contributed by atoms with van der Waals surface area (Å²) in [6, 6.07) is 0. The van der Waals surface area contributed by atoms with Crippen LogP contribution in [0.3, 0.4) is 0 Å². The molecule has 0 nitrogen and oxygen atoms in total. The Kier molecular flexibility index (Phi) is 7.34. The summed E-state index contributed by atoms with van der Waals surface area (Å²) in [5.41, 5.74) is 0. The molecule has 0 N–H and O–H groups in total. The first-order valence-corrected chi connectivity index (χ1v) is 8.60. The molecule has 0 radical (unpaired) electrons. The lowest BCUT2D eigenvalue weighted by molar-refractivity contribution is 0.207. The zero-order valence-corrected chi connectivity index (χ0v) is 13.5. The van der Waals surface area contributed by atoms with Crippen LogP contribution in [0.15, 0.2) is 0 Å². The Balaban J connectivity index is 2.31. The van der Waals surface area contributed by atoms with Crippen LogP contribution in [0.1, 0.15) is 86.0 Å². The molecule has 0 spiro atoms. The van der Waals surface area contributed by atoms with Crippen molar-refractivity contribution in [2.75, 3.05) is 0 Å². The molecule has 108 valence electrons. The molecule has 0 aromatic carbocycles. The summed E-state index contributed by atoms with van der Waals surface area (Å²) in [5.74, 6) is 4.89. The molecule has 18 heavy (non-hydrogen) atoms. The minimum Gasteiger partial charge on any atom is -0.0654 e. The third-order valence-electron chi connectivity index (χ3n) is 5.70. The van der Waals surface area contributed by atoms with Crippen LogP contribution in [0.5, 0.6) is 0 Å². The van der Waals surface area contributed by atoms with Crippen molar-refractivity contribution >= 4 is 0 Å². The van der Waals surface area contributed by atoms with Crippen molar-refractivity contribution in [2.24, 2.45) is 29.6 Å². The van der Waals surface area contributed by atoms with Crippen molar-refractivity contribution in [3.63, 3.8) is 0 Å². The Bertz CT molecular complexity index is 208. The minimum absolute atomic E-state index is 0.935. The summed E-state index contributed by atoms with van der Waals surface area (Å²) in [5, 5.41) is 0. The SMILES string of the molecule is CCCCCCC(C)C(C)C1CC(CC)CC1C. The summed E-state index contributed by atoms with van der Waals surface area (Å²) in [4.78, 5) is 0. The second-order valence-corrected chi connectivity index (χ2v) is 7.07. The van der Waals surface area contributed by atoms with Gasteiger partial charge >= 0.3 is 0 Å². The average Bonchev–Trinajstić information content (AvgIpc) is 2.74. The van der Waals surface area contributed by atoms with Crippen molar-refractivity contribution in [1.29, 1.82) is 0 Å². The monoisotopic (exact) mass is 252 g/mol. The second-order valence-electron chi connectivity index (χ2n) is 7.07. The molecule has 1 aliphatic rings. The lowest BCUT2D eigenvalue weighted by Crippen LogP contribution is -2.21. The van der Waals surface area contributed by atoms with Crippen LogP contribution in [0, 0.1) is 29.6 Å². The van der Waals surface area contributed by atoms with Crippen LogP contribution in [0.25, 0.3) is 0 Å². The van der Waals surface area contributed by atoms with Gasteiger partial charge in [-0.15, -0.1) is 0 Å². The highest BCUT2D eigenvalue weighted by molar-refractivity contribution is 4.85. The van der Waals surface area contributed by atoms with E-state index in [1.54, 1.807) is 0 Å². The first-order valence-electron chi connectivity index (χ1n) is 8.60. The number of hydrogen-bond donors (Lipinski definition) is 0. The van der Waals surface area contributed by atoms with Gasteiger partial charge in [0.2, 0.25) is 0 Å². The number of unbranched alkanes of at least 4 members (excludes halogenated alkanes) is 3.